The molecule has 1 aromatic rings. The number of nitrogens with zero attached hydrogens (tertiary/aromatic N) is 2. The molecule has 2 heterocycles. The van der Waals surface area contributed by atoms with Crippen molar-refractivity contribution in [3.05, 3.63) is 11.7 Å². The van der Waals surface area contributed by atoms with E-state index in [0.29, 0.717) is 0 Å². The molecule has 4 atom stereocenters. The third-order valence-corrected chi connectivity index (χ3v) is 2.69. The van der Waals surface area contributed by atoms with Crippen LogP contribution in [0.15, 0.2) is 4.52 Å². The van der Waals surface area contributed by atoms with E-state index in [4.69, 9.17) is 14.4 Å². The number of hydrogen-bond acceptors (Lipinski definition) is 9. The number of rotatable bonds is 4. The van der Waals surface area contributed by atoms with Crippen LogP contribution in [-0.4, -0.2) is 63.0 Å². The molecular formula is C10H14N2O7. The van der Waals surface area contributed by atoms with Crippen LogP contribution in [0.5, 0.6) is 0 Å². The van der Waals surface area contributed by atoms with Gasteiger partial charge in [0.1, 0.15) is 18.3 Å². The summed E-state index contributed by atoms with van der Waals surface area (Å²) in [6, 6.07) is 0. The summed E-state index contributed by atoms with van der Waals surface area (Å²) < 4.78 is 14.6. The molecule has 0 aliphatic carbocycles. The van der Waals surface area contributed by atoms with E-state index in [1.165, 1.54) is 0 Å². The zero-order valence-electron chi connectivity index (χ0n) is 10.1. The average Bonchev–Trinajstić information content (AvgIpc) is 2.97. The summed E-state index contributed by atoms with van der Waals surface area (Å²) in [5, 5.41) is 31.6. The van der Waals surface area contributed by atoms with Crippen molar-refractivity contribution in [1.82, 2.24) is 10.1 Å². The number of carbonyl (C=O) groups is 1. The summed E-state index contributed by atoms with van der Waals surface area (Å²) >= 11 is 0. The Balaban J connectivity index is 2.13. The van der Waals surface area contributed by atoms with Gasteiger partial charge in [-0.15, -0.1) is 0 Å². The first-order valence-corrected chi connectivity index (χ1v) is 5.71. The Kier molecular flexibility index (Phi) is 4.10. The highest BCUT2D eigenvalue weighted by molar-refractivity contribution is 5.84. The number of esters is 1. The second-order valence-electron chi connectivity index (χ2n) is 3.94. The van der Waals surface area contributed by atoms with Gasteiger partial charge in [-0.1, -0.05) is 0 Å². The molecular weight excluding hydrogens is 260 g/mol. The van der Waals surface area contributed by atoms with E-state index in [0.717, 1.165) is 0 Å². The van der Waals surface area contributed by atoms with Crippen molar-refractivity contribution >= 4 is 5.97 Å². The number of hydrogen-bond donors (Lipinski definition) is 3. The summed E-state index contributed by atoms with van der Waals surface area (Å²) in [7, 11) is 0. The van der Waals surface area contributed by atoms with E-state index < -0.39 is 37.0 Å². The van der Waals surface area contributed by atoms with Crippen LogP contribution < -0.4 is 0 Å². The molecule has 3 N–H and O–H groups in total. The van der Waals surface area contributed by atoms with Crippen LogP contribution in [0.1, 0.15) is 29.5 Å². The number of ether oxygens (including phenoxy) is 2. The quantitative estimate of drug-likeness (QED) is 0.554. The summed E-state index contributed by atoms with van der Waals surface area (Å²) in [5.41, 5.74) is 0. The van der Waals surface area contributed by atoms with E-state index in [9.17, 15) is 15.0 Å². The van der Waals surface area contributed by atoms with Crippen LogP contribution >= 0.6 is 0 Å². The standard InChI is InChI=1S/C10H14N2O7/c1-2-17-10(16)8-11-9(19-12-8)7-6(15)5(14)4(3-13)18-7/h4-7,13-15H,2-3H2,1H3/t4-,5-,6-,7-/m1/s1. The van der Waals surface area contributed by atoms with Gasteiger partial charge in [-0.3, -0.25) is 0 Å². The van der Waals surface area contributed by atoms with E-state index in [1.807, 2.05) is 0 Å². The number of aromatic nitrogens is 2. The fraction of sp³-hybridized carbons (Fsp3) is 0.700. The third-order valence-electron chi connectivity index (χ3n) is 2.69. The van der Waals surface area contributed by atoms with Gasteiger partial charge in [0.05, 0.1) is 13.2 Å². The van der Waals surface area contributed by atoms with Crippen LogP contribution in [0.2, 0.25) is 0 Å². The smallest absolute Gasteiger partial charge is 0.379 e. The van der Waals surface area contributed by atoms with Crippen molar-refractivity contribution in [2.75, 3.05) is 13.2 Å². The van der Waals surface area contributed by atoms with Crippen LogP contribution in [0.25, 0.3) is 0 Å². The molecule has 2 rings (SSSR count). The Bertz CT molecular complexity index is 449. The second kappa shape index (κ2) is 5.61. The van der Waals surface area contributed by atoms with Crippen LogP contribution in [0.3, 0.4) is 0 Å². The summed E-state index contributed by atoms with van der Waals surface area (Å²) in [4.78, 5) is 15.1. The maximum atomic E-state index is 11.3. The van der Waals surface area contributed by atoms with Gasteiger partial charge in [0.15, 0.2) is 6.10 Å². The van der Waals surface area contributed by atoms with E-state index in [2.05, 4.69) is 14.9 Å². The van der Waals surface area contributed by atoms with Crippen molar-refractivity contribution in [2.24, 2.45) is 0 Å². The second-order valence-corrected chi connectivity index (χ2v) is 3.94. The predicted molar refractivity (Wildman–Crippen MR) is 57.0 cm³/mol. The first-order valence-electron chi connectivity index (χ1n) is 5.71. The molecule has 0 amide bonds. The van der Waals surface area contributed by atoms with E-state index in [1.54, 1.807) is 6.92 Å². The molecule has 0 spiro atoms. The molecule has 1 fully saturated rings. The van der Waals surface area contributed by atoms with Crippen molar-refractivity contribution in [3.8, 4) is 0 Å². The maximum Gasteiger partial charge on any atom is 0.379 e. The molecule has 1 aliphatic heterocycles. The summed E-state index contributed by atoms with van der Waals surface area (Å²) in [6.07, 6.45) is -4.64. The minimum Gasteiger partial charge on any atom is -0.460 e. The third kappa shape index (κ3) is 2.59. The molecule has 9 nitrogen and oxygen atoms in total. The molecule has 0 unspecified atom stereocenters. The minimum atomic E-state index is -1.33. The van der Waals surface area contributed by atoms with Crippen molar-refractivity contribution in [3.63, 3.8) is 0 Å². The molecule has 0 saturated carbocycles. The SMILES string of the molecule is CCOC(=O)c1noc([C@@H]2O[C@H](CO)[C@@H](O)[C@H]2O)n1. The first kappa shape index (κ1) is 13.9. The highest BCUT2D eigenvalue weighted by Crippen LogP contribution is 2.32. The van der Waals surface area contributed by atoms with Crippen molar-refractivity contribution in [2.45, 2.75) is 31.3 Å². The van der Waals surface area contributed by atoms with Crippen molar-refractivity contribution < 1.29 is 34.1 Å². The molecule has 1 aliphatic rings. The Morgan fingerprint density at radius 1 is 1.42 bits per heavy atom. The topological polar surface area (TPSA) is 135 Å². The zero-order chi connectivity index (χ0) is 14.0. The molecule has 106 valence electrons. The lowest BCUT2D eigenvalue weighted by Crippen LogP contribution is -2.32. The molecule has 1 aromatic heterocycles. The Morgan fingerprint density at radius 2 is 2.16 bits per heavy atom. The lowest BCUT2D eigenvalue weighted by atomic mass is 10.1. The maximum absolute atomic E-state index is 11.3. The lowest BCUT2D eigenvalue weighted by Gasteiger charge is -2.10. The monoisotopic (exact) mass is 274 g/mol. The van der Waals surface area contributed by atoms with Gasteiger partial charge >= 0.3 is 5.97 Å². The van der Waals surface area contributed by atoms with E-state index >= 15 is 0 Å². The molecule has 0 bridgehead atoms. The van der Waals surface area contributed by atoms with Gasteiger partial charge in [0, 0.05) is 0 Å². The number of aliphatic hydroxyl groups is 3. The van der Waals surface area contributed by atoms with Gasteiger partial charge in [0.25, 0.3) is 11.7 Å². The van der Waals surface area contributed by atoms with Gasteiger partial charge in [-0.05, 0) is 12.1 Å². The fourth-order valence-corrected chi connectivity index (χ4v) is 1.73. The van der Waals surface area contributed by atoms with Gasteiger partial charge in [-0.25, -0.2) is 4.79 Å². The predicted octanol–water partition coefficient (Wildman–Crippen LogP) is -1.60. The fourth-order valence-electron chi connectivity index (χ4n) is 1.73. The molecule has 19 heavy (non-hydrogen) atoms. The first-order chi connectivity index (χ1) is 9.08. The Morgan fingerprint density at radius 3 is 2.74 bits per heavy atom. The number of aliphatic hydroxyl groups excluding tert-OH is 3. The van der Waals surface area contributed by atoms with E-state index in [-0.39, 0.29) is 18.3 Å². The van der Waals surface area contributed by atoms with Gasteiger partial charge in [0.2, 0.25) is 0 Å². The lowest BCUT2D eigenvalue weighted by molar-refractivity contribution is -0.0325. The van der Waals surface area contributed by atoms with Crippen LogP contribution in [-0.2, 0) is 9.47 Å². The summed E-state index contributed by atoms with van der Waals surface area (Å²) in [6.45, 7) is 1.33. The highest BCUT2D eigenvalue weighted by Gasteiger charge is 2.46. The largest absolute Gasteiger partial charge is 0.460 e. The van der Waals surface area contributed by atoms with Crippen molar-refractivity contribution in [1.29, 1.82) is 0 Å². The van der Waals surface area contributed by atoms with Gasteiger partial charge < -0.3 is 29.3 Å². The normalized spacial score (nSPS) is 30.5. The Labute approximate surface area is 107 Å². The van der Waals surface area contributed by atoms with Gasteiger partial charge in [-0.2, -0.15) is 4.98 Å². The average molecular weight is 274 g/mol. The molecule has 0 radical (unpaired) electrons. The number of carbonyl (C=O) groups excluding carboxylic acids is 1. The molecule has 0 aromatic carbocycles. The molecule has 1 saturated heterocycles. The van der Waals surface area contributed by atoms with Crippen LogP contribution in [0.4, 0.5) is 0 Å². The van der Waals surface area contributed by atoms with Crippen LogP contribution in [0, 0.1) is 0 Å². The zero-order valence-corrected chi connectivity index (χ0v) is 10.1. The minimum absolute atomic E-state index is 0.162. The summed E-state index contributed by atoms with van der Waals surface area (Å²) in [5.74, 6) is -1.22. The Hall–Kier alpha value is -1.55. The molecule has 9 heteroatoms. The highest BCUT2D eigenvalue weighted by atomic mass is 16.6.